The van der Waals surface area contributed by atoms with E-state index in [2.05, 4.69) is 31.0 Å². The molecule has 0 bridgehead atoms. The summed E-state index contributed by atoms with van der Waals surface area (Å²) in [6.07, 6.45) is 3.38. The number of thioether (sulfide) groups is 1. The fourth-order valence-corrected chi connectivity index (χ4v) is 3.80. The average molecular weight is 318 g/mol. The number of hydrogen-bond acceptors (Lipinski definition) is 7. The molecule has 1 aliphatic heterocycles. The van der Waals surface area contributed by atoms with Crippen molar-refractivity contribution in [2.24, 2.45) is 0 Å². The Morgan fingerprint density at radius 3 is 3.00 bits per heavy atom. The minimum absolute atomic E-state index is 0.206. The lowest BCUT2D eigenvalue weighted by Crippen LogP contribution is -2.27. The van der Waals surface area contributed by atoms with Gasteiger partial charge in [0.05, 0.1) is 24.0 Å². The minimum Gasteiger partial charge on any atom is -0.393 e. The number of aliphatic hydroxyl groups is 1. The molecule has 8 heteroatoms. The summed E-state index contributed by atoms with van der Waals surface area (Å²) in [5.41, 5.74) is 7.70. The fraction of sp³-hybridized carbons (Fsp3) is 0.500. The Morgan fingerprint density at radius 1 is 1.36 bits per heavy atom. The van der Waals surface area contributed by atoms with Crippen LogP contribution in [0.1, 0.15) is 30.1 Å². The quantitative estimate of drug-likeness (QED) is 0.778. The maximum atomic E-state index is 9.42. The predicted molar refractivity (Wildman–Crippen MR) is 84.7 cm³/mol. The third kappa shape index (κ3) is 2.64. The topological polar surface area (TPSA) is 102 Å². The molecular formula is C14H18N6OS. The van der Waals surface area contributed by atoms with Crippen LogP contribution < -0.4 is 11.1 Å². The number of nitrogens with two attached hydrogens (primary N) is 1. The fourth-order valence-electron chi connectivity index (χ4n) is 2.84. The van der Waals surface area contributed by atoms with Crippen LogP contribution in [0, 0.1) is 0 Å². The number of nitrogens with zero attached hydrogens (tertiary/aromatic N) is 4. The van der Waals surface area contributed by atoms with Crippen LogP contribution in [-0.4, -0.2) is 36.5 Å². The molecular weight excluding hydrogens is 300 g/mol. The summed E-state index contributed by atoms with van der Waals surface area (Å²) in [6.45, 7) is 1.64. The molecule has 116 valence electrons. The van der Waals surface area contributed by atoms with Gasteiger partial charge in [0.15, 0.2) is 5.16 Å². The Kier molecular flexibility index (Phi) is 3.42. The van der Waals surface area contributed by atoms with Gasteiger partial charge >= 0.3 is 0 Å². The van der Waals surface area contributed by atoms with Crippen molar-refractivity contribution in [1.29, 1.82) is 0 Å². The molecule has 0 aromatic carbocycles. The second-order valence-corrected chi connectivity index (χ2v) is 6.83. The van der Waals surface area contributed by atoms with Gasteiger partial charge in [0.1, 0.15) is 5.82 Å². The molecule has 0 amide bonds. The van der Waals surface area contributed by atoms with Crippen molar-refractivity contribution in [2.75, 3.05) is 16.8 Å². The molecule has 0 saturated heterocycles. The average Bonchev–Trinajstić information content (AvgIpc) is 3.02. The van der Waals surface area contributed by atoms with Gasteiger partial charge in [-0.1, -0.05) is 11.8 Å². The Hall–Kier alpha value is -1.80. The number of anilines is 2. The maximum Gasteiger partial charge on any atom is 0.222 e. The first-order chi connectivity index (χ1) is 10.7. The van der Waals surface area contributed by atoms with E-state index in [1.165, 1.54) is 0 Å². The summed E-state index contributed by atoms with van der Waals surface area (Å²) in [5, 5.41) is 13.8. The summed E-state index contributed by atoms with van der Waals surface area (Å²) in [5.74, 6) is 2.37. The van der Waals surface area contributed by atoms with E-state index in [-0.39, 0.29) is 18.0 Å². The van der Waals surface area contributed by atoms with E-state index in [0.29, 0.717) is 12.4 Å². The van der Waals surface area contributed by atoms with Gasteiger partial charge in [-0.05, 0) is 12.8 Å². The van der Waals surface area contributed by atoms with Crippen LogP contribution >= 0.6 is 11.8 Å². The van der Waals surface area contributed by atoms with Gasteiger partial charge in [0, 0.05) is 30.5 Å². The van der Waals surface area contributed by atoms with Gasteiger partial charge < -0.3 is 20.7 Å². The van der Waals surface area contributed by atoms with Crippen LogP contribution in [0.2, 0.25) is 0 Å². The van der Waals surface area contributed by atoms with E-state index >= 15 is 0 Å². The number of aromatic nitrogens is 4. The van der Waals surface area contributed by atoms with Gasteiger partial charge in [-0.2, -0.15) is 4.98 Å². The Labute approximate surface area is 132 Å². The number of nitrogens with one attached hydrogen (secondary N) is 1. The Balaban J connectivity index is 1.45. The van der Waals surface area contributed by atoms with Crippen molar-refractivity contribution in [3.8, 4) is 0 Å². The van der Waals surface area contributed by atoms with Crippen LogP contribution in [0.25, 0.3) is 0 Å². The van der Waals surface area contributed by atoms with Crippen LogP contribution in [0.4, 0.5) is 11.8 Å². The van der Waals surface area contributed by atoms with Crippen molar-refractivity contribution >= 4 is 23.5 Å². The van der Waals surface area contributed by atoms with E-state index in [1.54, 1.807) is 11.8 Å². The molecule has 2 aromatic rings. The predicted octanol–water partition coefficient (Wildman–Crippen LogP) is 1.21. The van der Waals surface area contributed by atoms with Gasteiger partial charge in [-0.3, -0.25) is 0 Å². The molecule has 0 radical (unpaired) electrons. The van der Waals surface area contributed by atoms with Crippen LogP contribution in [0.5, 0.6) is 0 Å². The SMILES string of the molecule is Nc1nc(NCc2cn3c(n2)SCC3)cc(C2CC(O)C2)n1. The van der Waals surface area contributed by atoms with Crippen molar-refractivity contribution in [1.82, 2.24) is 19.5 Å². The molecule has 7 nitrogen and oxygen atoms in total. The summed E-state index contributed by atoms with van der Waals surface area (Å²) in [6, 6.07) is 1.92. The molecule has 1 fully saturated rings. The molecule has 1 aliphatic carbocycles. The van der Waals surface area contributed by atoms with E-state index in [4.69, 9.17) is 5.73 Å². The van der Waals surface area contributed by atoms with E-state index in [1.807, 2.05) is 6.07 Å². The van der Waals surface area contributed by atoms with Crippen LogP contribution in [0.3, 0.4) is 0 Å². The first kappa shape index (κ1) is 13.8. The lowest BCUT2D eigenvalue weighted by molar-refractivity contribution is 0.0732. The van der Waals surface area contributed by atoms with E-state index in [9.17, 15) is 5.11 Å². The second kappa shape index (κ2) is 5.44. The molecule has 1 saturated carbocycles. The molecule has 22 heavy (non-hydrogen) atoms. The number of imidazole rings is 1. The Morgan fingerprint density at radius 2 is 2.23 bits per heavy atom. The highest BCUT2D eigenvalue weighted by Crippen LogP contribution is 2.36. The third-order valence-corrected chi connectivity index (χ3v) is 5.07. The molecule has 0 atom stereocenters. The number of hydrogen-bond donors (Lipinski definition) is 3. The third-order valence-electron chi connectivity index (χ3n) is 4.10. The Bertz CT molecular complexity index is 675. The van der Waals surface area contributed by atoms with Crippen molar-refractivity contribution in [3.05, 3.63) is 23.7 Å². The van der Waals surface area contributed by atoms with Crippen molar-refractivity contribution < 1.29 is 5.11 Å². The van der Waals surface area contributed by atoms with Crippen LogP contribution in [-0.2, 0) is 13.1 Å². The van der Waals surface area contributed by atoms with E-state index in [0.717, 1.165) is 41.7 Å². The zero-order chi connectivity index (χ0) is 15.1. The van der Waals surface area contributed by atoms with E-state index < -0.39 is 0 Å². The number of aliphatic hydroxyl groups excluding tert-OH is 1. The van der Waals surface area contributed by atoms with Gasteiger partial charge in [0.25, 0.3) is 0 Å². The molecule has 3 heterocycles. The highest BCUT2D eigenvalue weighted by atomic mass is 32.2. The standard InChI is InChI=1S/C14H18N6OS/c15-13-18-11(8-3-10(21)4-8)5-12(19-13)16-6-9-7-20-1-2-22-14(20)17-9/h5,7-8,10,21H,1-4,6H2,(H3,15,16,18,19). The molecule has 0 unspecified atom stereocenters. The van der Waals surface area contributed by atoms with Crippen LogP contribution in [0.15, 0.2) is 17.4 Å². The summed E-state index contributed by atoms with van der Waals surface area (Å²) >= 11 is 1.78. The van der Waals surface area contributed by atoms with Gasteiger partial charge in [-0.25, -0.2) is 9.97 Å². The van der Waals surface area contributed by atoms with Gasteiger partial charge in [0.2, 0.25) is 5.95 Å². The second-order valence-electron chi connectivity index (χ2n) is 5.77. The lowest BCUT2D eigenvalue weighted by Gasteiger charge is -2.30. The molecule has 4 N–H and O–H groups in total. The number of fused-ring (bicyclic) bond motifs is 1. The summed E-state index contributed by atoms with van der Waals surface area (Å²) in [7, 11) is 0. The van der Waals surface area contributed by atoms with Gasteiger partial charge in [-0.15, -0.1) is 0 Å². The number of nitrogen functional groups attached to an aromatic ring is 1. The molecule has 0 spiro atoms. The highest BCUT2D eigenvalue weighted by molar-refractivity contribution is 7.99. The first-order valence-corrected chi connectivity index (χ1v) is 8.41. The normalized spacial score (nSPS) is 23.1. The molecule has 4 rings (SSSR count). The first-order valence-electron chi connectivity index (χ1n) is 7.42. The van der Waals surface area contributed by atoms with Crippen molar-refractivity contribution in [2.45, 2.75) is 43.1 Å². The summed E-state index contributed by atoms with van der Waals surface area (Å²) in [4.78, 5) is 13.1. The number of rotatable bonds is 4. The highest BCUT2D eigenvalue weighted by Gasteiger charge is 2.30. The maximum absolute atomic E-state index is 9.42. The zero-order valence-electron chi connectivity index (χ0n) is 12.1. The zero-order valence-corrected chi connectivity index (χ0v) is 12.9. The molecule has 2 aliphatic rings. The summed E-state index contributed by atoms with van der Waals surface area (Å²) < 4.78 is 2.18. The van der Waals surface area contributed by atoms with Crippen molar-refractivity contribution in [3.63, 3.8) is 0 Å². The lowest BCUT2D eigenvalue weighted by atomic mass is 9.80. The smallest absolute Gasteiger partial charge is 0.222 e. The molecule has 2 aromatic heterocycles. The monoisotopic (exact) mass is 318 g/mol. The minimum atomic E-state index is -0.206. The largest absolute Gasteiger partial charge is 0.393 e. The number of aryl methyl sites for hydroxylation is 1.